The SMILES string of the molecule is COc1ccc(-n2c(O)c(C(=NCCc3c(C)[nH]c4ccc(OC)cc34)c3ccccc3)c(=O)[nH]c2=O)cc1. The third-order valence-electron chi connectivity index (χ3n) is 6.66. The van der Waals surface area contributed by atoms with E-state index in [0.717, 1.165) is 32.5 Å². The molecule has 9 heteroatoms. The molecule has 0 fully saturated rings. The second kappa shape index (κ2) is 10.7. The number of rotatable bonds is 8. The maximum absolute atomic E-state index is 13.1. The van der Waals surface area contributed by atoms with Gasteiger partial charge < -0.3 is 19.6 Å². The van der Waals surface area contributed by atoms with Gasteiger partial charge in [-0.25, -0.2) is 9.36 Å². The lowest BCUT2D eigenvalue weighted by Crippen LogP contribution is -2.33. The van der Waals surface area contributed by atoms with Gasteiger partial charge in [0.25, 0.3) is 5.56 Å². The first-order valence-corrected chi connectivity index (χ1v) is 12.4. The Morgan fingerprint density at radius 3 is 2.31 bits per heavy atom. The summed E-state index contributed by atoms with van der Waals surface area (Å²) in [5, 5.41) is 12.3. The number of aromatic nitrogens is 3. The zero-order chi connectivity index (χ0) is 27.5. The van der Waals surface area contributed by atoms with Gasteiger partial charge in [0.15, 0.2) is 0 Å². The predicted molar refractivity (Wildman–Crippen MR) is 151 cm³/mol. The average Bonchev–Trinajstić information content (AvgIpc) is 3.26. The first-order chi connectivity index (χ1) is 18.9. The molecule has 0 spiro atoms. The number of hydrogen-bond acceptors (Lipinski definition) is 6. The number of hydrogen-bond donors (Lipinski definition) is 3. The standard InChI is InChI=1S/C30H28N4O5/c1-18-23(24-17-22(39-3)13-14-25(24)32-18)15-16-31-27(19-7-5-4-6-8-19)26-28(35)33-30(37)34(29(26)36)20-9-11-21(38-2)12-10-20/h4-14,17,32,36H,15-16H2,1-3H3,(H,33,35,37). The van der Waals surface area contributed by atoms with Crippen LogP contribution in [0, 0.1) is 6.92 Å². The van der Waals surface area contributed by atoms with Gasteiger partial charge in [0.05, 0.1) is 25.6 Å². The van der Waals surface area contributed by atoms with Crippen LogP contribution in [-0.2, 0) is 6.42 Å². The number of nitrogens with one attached hydrogen (secondary N) is 2. The largest absolute Gasteiger partial charge is 0.497 e. The number of aromatic hydroxyl groups is 1. The van der Waals surface area contributed by atoms with Crippen LogP contribution in [-0.4, -0.2) is 46.1 Å². The fourth-order valence-corrected chi connectivity index (χ4v) is 4.71. The lowest BCUT2D eigenvalue weighted by molar-refractivity contribution is 0.414. The molecule has 39 heavy (non-hydrogen) atoms. The first kappa shape index (κ1) is 25.6. The van der Waals surface area contributed by atoms with Gasteiger partial charge in [-0.05, 0) is 61.4 Å². The van der Waals surface area contributed by atoms with Crippen molar-refractivity contribution >= 4 is 16.6 Å². The van der Waals surface area contributed by atoms with Crippen LogP contribution >= 0.6 is 0 Å². The average molecular weight is 525 g/mol. The van der Waals surface area contributed by atoms with E-state index >= 15 is 0 Å². The molecular weight excluding hydrogens is 496 g/mol. The van der Waals surface area contributed by atoms with Crippen molar-refractivity contribution in [3.05, 3.63) is 116 Å². The van der Waals surface area contributed by atoms with Crippen LogP contribution in [0.4, 0.5) is 0 Å². The number of methoxy groups -OCH3 is 2. The highest BCUT2D eigenvalue weighted by atomic mass is 16.5. The predicted octanol–water partition coefficient (Wildman–Crippen LogP) is 4.12. The number of aryl methyl sites for hydroxylation is 1. The Balaban J connectivity index is 1.60. The molecule has 5 aromatic rings. The summed E-state index contributed by atoms with van der Waals surface area (Å²) in [6.45, 7) is 2.33. The van der Waals surface area contributed by atoms with Crippen LogP contribution in [0.25, 0.3) is 16.6 Å². The molecule has 0 aliphatic rings. The van der Waals surface area contributed by atoms with Gasteiger partial charge >= 0.3 is 5.69 Å². The Labute approximate surface area is 224 Å². The fraction of sp³-hybridized carbons (Fsp3) is 0.167. The maximum Gasteiger partial charge on any atom is 0.335 e. The highest BCUT2D eigenvalue weighted by Crippen LogP contribution is 2.27. The minimum absolute atomic E-state index is 0.0889. The third kappa shape index (κ3) is 4.94. The molecule has 2 heterocycles. The molecule has 9 nitrogen and oxygen atoms in total. The van der Waals surface area contributed by atoms with E-state index in [-0.39, 0.29) is 11.3 Å². The Kier molecular flexibility index (Phi) is 7.05. The van der Waals surface area contributed by atoms with Gasteiger partial charge in [0, 0.05) is 28.7 Å². The second-order valence-corrected chi connectivity index (χ2v) is 8.98. The Bertz CT molecular complexity index is 1780. The van der Waals surface area contributed by atoms with Gasteiger partial charge in [-0.1, -0.05) is 30.3 Å². The van der Waals surface area contributed by atoms with Gasteiger partial charge in [0.1, 0.15) is 17.1 Å². The molecule has 198 valence electrons. The van der Waals surface area contributed by atoms with Crippen molar-refractivity contribution < 1.29 is 14.6 Å². The minimum Gasteiger partial charge on any atom is -0.497 e. The number of nitrogens with zero attached hydrogens (tertiary/aromatic N) is 2. The molecule has 0 aliphatic carbocycles. The van der Waals surface area contributed by atoms with E-state index < -0.39 is 17.1 Å². The molecule has 3 N–H and O–H groups in total. The van der Waals surface area contributed by atoms with E-state index in [1.54, 1.807) is 31.4 Å². The smallest absolute Gasteiger partial charge is 0.335 e. The highest BCUT2D eigenvalue weighted by Gasteiger charge is 2.22. The summed E-state index contributed by atoms with van der Waals surface area (Å²) in [6, 6.07) is 21.5. The number of fused-ring (bicyclic) bond motifs is 1. The molecule has 0 saturated carbocycles. The lowest BCUT2D eigenvalue weighted by Gasteiger charge is -2.14. The van der Waals surface area contributed by atoms with Crippen molar-refractivity contribution in [2.75, 3.05) is 20.8 Å². The van der Waals surface area contributed by atoms with Crippen LogP contribution in [0.1, 0.15) is 22.4 Å². The van der Waals surface area contributed by atoms with Crippen molar-refractivity contribution in [3.63, 3.8) is 0 Å². The summed E-state index contributed by atoms with van der Waals surface area (Å²) in [5.41, 5.74) is 2.81. The zero-order valence-electron chi connectivity index (χ0n) is 21.8. The first-order valence-electron chi connectivity index (χ1n) is 12.4. The van der Waals surface area contributed by atoms with E-state index in [2.05, 4.69) is 9.97 Å². The summed E-state index contributed by atoms with van der Waals surface area (Å²) in [7, 11) is 3.17. The lowest BCUT2D eigenvalue weighted by atomic mass is 10.0. The molecule has 0 unspecified atom stereocenters. The fourth-order valence-electron chi connectivity index (χ4n) is 4.71. The quantitative estimate of drug-likeness (QED) is 0.264. The summed E-state index contributed by atoms with van der Waals surface area (Å²) < 4.78 is 11.6. The molecule has 0 bridgehead atoms. The molecule has 5 rings (SSSR count). The van der Waals surface area contributed by atoms with E-state index in [1.165, 1.54) is 7.11 Å². The molecule has 0 aliphatic heterocycles. The van der Waals surface area contributed by atoms with Crippen molar-refractivity contribution in [2.24, 2.45) is 4.99 Å². The Hall–Kier alpha value is -5.05. The van der Waals surface area contributed by atoms with Crippen molar-refractivity contribution in [3.8, 4) is 23.1 Å². The normalized spacial score (nSPS) is 11.6. The molecule has 0 atom stereocenters. The molecule has 2 aromatic heterocycles. The van der Waals surface area contributed by atoms with Gasteiger partial charge in [-0.2, -0.15) is 0 Å². The molecule has 0 saturated heterocycles. The molecule has 0 radical (unpaired) electrons. The Morgan fingerprint density at radius 1 is 0.923 bits per heavy atom. The maximum atomic E-state index is 13.1. The topological polar surface area (TPSA) is 122 Å². The number of H-pyrrole nitrogens is 2. The van der Waals surface area contributed by atoms with Crippen LogP contribution in [0.15, 0.2) is 87.4 Å². The minimum atomic E-state index is -0.762. The van der Waals surface area contributed by atoms with E-state index in [4.69, 9.17) is 14.5 Å². The van der Waals surface area contributed by atoms with Crippen LogP contribution in [0.5, 0.6) is 17.4 Å². The summed E-state index contributed by atoms with van der Waals surface area (Å²) in [6.07, 6.45) is 0.576. The monoisotopic (exact) mass is 524 g/mol. The highest BCUT2D eigenvalue weighted by molar-refractivity contribution is 6.14. The summed E-state index contributed by atoms with van der Waals surface area (Å²) >= 11 is 0. The summed E-state index contributed by atoms with van der Waals surface area (Å²) in [4.78, 5) is 36.4. The van der Waals surface area contributed by atoms with Gasteiger partial charge in [-0.3, -0.25) is 14.8 Å². The number of aliphatic imine (C=N–C) groups is 1. The van der Waals surface area contributed by atoms with E-state index in [0.29, 0.717) is 30.0 Å². The van der Waals surface area contributed by atoms with Crippen molar-refractivity contribution in [1.82, 2.24) is 14.5 Å². The Morgan fingerprint density at radius 2 is 1.62 bits per heavy atom. The third-order valence-corrected chi connectivity index (χ3v) is 6.66. The van der Waals surface area contributed by atoms with Crippen LogP contribution in [0.2, 0.25) is 0 Å². The summed E-state index contributed by atoms with van der Waals surface area (Å²) in [5.74, 6) is 0.852. The van der Waals surface area contributed by atoms with Gasteiger partial charge in [-0.15, -0.1) is 0 Å². The number of benzene rings is 3. The molecule has 3 aromatic carbocycles. The molecular formula is C30H28N4O5. The zero-order valence-corrected chi connectivity index (χ0v) is 21.8. The van der Waals surface area contributed by atoms with Crippen molar-refractivity contribution in [1.29, 1.82) is 0 Å². The number of aromatic amines is 2. The van der Waals surface area contributed by atoms with Crippen LogP contribution in [0.3, 0.4) is 0 Å². The second-order valence-electron chi connectivity index (χ2n) is 8.98. The van der Waals surface area contributed by atoms with E-state index in [9.17, 15) is 14.7 Å². The molecule has 0 amide bonds. The van der Waals surface area contributed by atoms with Gasteiger partial charge in [0.2, 0.25) is 5.88 Å². The van der Waals surface area contributed by atoms with Crippen LogP contribution < -0.4 is 20.7 Å². The van der Waals surface area contributed by atoms with Crippen molar-refractivity contribution in [2.45, 2.75) is 13.3 Å². The number of ether oxygens (including phenoxy) is 2. The van der Waals surface area contributed by atoms with E-state index in [1.807, 2.05) is 55.5 Å².